The number of anilines is 1. The number of nitrogens with zero attached hydrogens (tertiary/aromatic N) is 5. The van der Waals surface area contributed by atoms with Gasteiger partial charge in [0, 0.05) is 24.8 Å². The molecule has 142 valence electrons. The number of rotatable bonds is 2. The molecule has 3 heterocycles. The summed E-state index contributed by atoms with van der Waals surface area (Å²) in [7, 11) is 0. The minimum Gasteiger partial charge on any atom is -0.507 e. The molecule has 7 nitrogen and oxygen atoms in total. The van der Waals surface area contributed by atoms with Crippen LogP contribution in [0.25, 0.3) is 17.0 Å². The van der Waals surface area contributed by atoms with E-state index in [0.29, 0.717) is 49.8 Å². The second-order valence-corrected chi connectivity index (χ2v) is 6.25. The lowest BCUT2D eigenvalue weighted by atomic mass is 10.0. The first kappa shape index (κ1) is 17.5. The van der Waals surface area contributed by atoms with Crippen molar-refractivity contribution in [2.45, 2.75) is 13.1 Å². The van der Waals surface area contributed by atoms with Crippen molar-refractivity contribution in [1.82, 2.24) is 19.6 Å². The summed E-state index contributed by atoms with van der Waals surface area (Å²) in [6.45, 7) is 4.02. The zero-order chi connectivity index (χ0) is 19.2. The molecule has 0 radical (unpaired) electrons. The molecule has 4 rings (SSSR count). The van der Waals surface area contributed by atoms with Gasteiger partial charge in [-0.3, -0.25) is 0 Å². The molecule has 0 aliphatic carbocycles. The summed E-state index contributed by atoms with van der Waals surface area (Å²) in [5.41, 5.74) is -0.0694. The van der Waals surface area contributed by atoms with Crippen molar-refractivity contribution < 1.29 is 23.0 Å². The van der Waals surface area contributed by atoms with Gasteiger partial charge in [-0.05, 0) is 30.7 Å². The largest absolute Gasteiger partial charge is 0.507 e. The molecule has 2 aromatic heterocycles. The minimum atomic E-state index is -4.53. The Hall–Kier alpha value is -2.88. The number of morpholine rings is 1. The van der Waals surface area contributed by atoms with E-state index in [4.69, 9.17) is 4.74 Å². The second kappa shape index (κ2) is 6.38. The van der Waals surface area contributed by atoms with E-state index >= 15 is 0 Å². The molecule has 1 aliphatic heterocycles. The van der Waals surface area contributed by atoms with Crippen molar-refractivity contribution in [1.29, 1.82) is 0 Å². The highest BCUT2D eigenvalue weighted by Crippen LogP contribution is 2.38. The van der Waals surface area contributed by atoms with Crippen LogP contribution in [0.15, 0.2) is 24.4 Å². The Labute approximate surface area is 152 Å². The molecule has 1 N–H and O–H groups in total. The van der Waals surface area contributed by atoms with Crippen LogP contribution >= 0.6 is 0 Å². The van der Waals surface area contributed by atoms with Gasteiger partial charge in [0.15, 0.2) is 0 Å². The third-order valence-electron chi connectivity index (χ3n) is 4.39. The van der Waals surface area contributed by atoms with Gasteiger partial charge < -0.3 is 14.7 Å². The Morgan fingerprint density at radius 1 is 1.15 bits per heavy atom. The van der Waals surface area contributed by atoms with Gasteiger partial charge in [-0.25, -0.2) is 9.50 Å². The quantitative estimate of drug-likeness (QED) is 0.738. The zero-order valence-corrected chi connectivity index (χ0v) is 14.4. The average molecular weight is 379 g/mol. The molecule has 1 aromatic carbocycles. The second-order valence-electron chi connectivity index (χ2n) is 6.25. The summed E-state index contributed by atoms with van der Waals surface area (Å²) >= 11 is 0. The lowest BCUT2D eigenvalue weighted by Crippen LogP contribution is -2.36. The van der Waals surface area contributed by atoms with E-state index in [0.717, 1.165) is 6.07 Å². The van der Waals surface area contributed by atoms with Crippen LogP contribution in [-0.4, -0.2) is 51.0 Å². The highest BCUT2D eigenvalue weighted by molar-refractivity contribution is 5.72. The number of fused-ring (bicyclic) bond motifs is 1. The number of hydrogen-bond acceptors (Lipinski definition) is 6. The Morgan fingerprint density at radius 3 is 2.56 bits per heavy atom. The fourth-order valence-corrected chi connectivity index (χ4v) is 3.07. The number of phenols is 1. The monoisotopic (exact) mass is 379 g/mol. The van der Waals surface area contributed by atoms with E-state index < -0.39 is 17.5 Å². The number of hydrogen-bond donors (Lipinski definition) is 1. The molecule has 10 heteroatoms. The standard InChI is InChI=1S/C17H16F3N5O2/c1-10-8-11(17(18,19)20)9-13(26)14(10)12-2-3-25-15(21-12)22-16(23-25)24-4-6-27-7-5-24/h2-3,8-9,26H,4-7H2,1H3. The molecular formula is C17H16F3N5O2. The molecule has 0 bridgehead atoms. The van der Waals surface area contributed by atoms with Crippen molar-refractivity contribution in [2.24, 2.45) is 0 Å². The molecule has 3 aromatic rings. The first-order chi connectivity index (χ1) is 12.8. The Morgan fingerprint density at radius 2 is 1.89 bits per heavy atom. The van der Waals surface area contributed by atoms with Crippen LogP contribution in [0.2, 0.25) is 0 Å². The summed E-state index contributed by atoms with van der Waals surface area (Å²) in [6, 6.07) is 3.28. The van der Waals surface area contributed by atoms with Crippen LogP contribution in [0.5, 0.6) is 5.75 Å². The maximum absolute atomic E-state index is 12.9. The van der Waals surface area contributed by atoms with Gasteiger partial charge in [0.05, 0.1) is 24.5 Å². The Kier molecular flexibility index (Phi) is 4.14. The number of aromatic hydroxyl groups is 1. The number of aromatic nitrogens is 4. The molecule has 1 saturated heterocycles. The van der Waals surface area contributed by atoms with E-state index in [1.807, 2.05) is 4.90 Å². The van der Waals surface area contributed by atoms with E-state index in [1.165, 1.54) is 11.4 Å². The van der Waals surface area contributed by atoms with Gasteiger partial charge in [-0.2, -0.15) is 18.2 Å². The Balaban J connectivity index is 1.74. The number of phenolic OH excluding ortho intramolecular Hbond substituents is 1. The van der Waals surface area contributed by atoms with E-state index in [9.17, 15) is 18.3 Å². The van der Waals surface area contributed by atoms with Crippen LogP contribution < -0.4 is 4.90 Å². The average Bonchev–Trinajstić information content (AvgIpc) is 3.04. The third-order valence-corrected chi connectivity index (χ3v) is 4.39. The van der Waals surface area contributed by atoms with Crippen LogP contribution in [0.4, 0.5) is 19.1 Å². The molecule has 0 unspecified atom stereocenters. The maximum Gasteiger partial charge on any atom is 0.416 e. The van der Waals surface area contributed by atoms with Gasteiger partial charge in [0.25, 0.3) is 5.78 Å². The summed E-state index contributed by atoms with van der Waals surface area (Å²) < 4.78 is 45.5. The molecule has 0 spiro atoms. The summed E-state index contributed by atoms with van der Waals surface area (Å²) in [5, 5.41) is 14.5. The SMILES string of the molecule is Cc1cc(C(F)(F)F)cc(O)c1-c1ccn2nc(N3CCOCC3)nc2n1. The normalized spacial score (nSPS) is 15.5. The van der Waals surface area contributed by atoms with E-state index in [2.05, 4.69) is 15.1 Å². The summed E-state index contributed by atoms with van der Waals surface area (Å²) in [6.07, 6.45) is -2.91. The number of aryl methyl sites for hydroxylation is 1. The lowest BCUT2D eigenvalue weighted by Gasteiger charge is -2.25. The fourth-order valence-electron chi connectivity index (χ4n) is 3.07. The summed E-state index contributed by atoms with van der Waals surface area (Å²) in [5.74, 6) is 0.330. The van der Waals surface area contributed by atoms with Crippen LogP contribution in [-0.2, 0) is 10.9 Å². The molecule has 0 saturated carbocycles. The summed E-state index contributed by atoms with van der Waals surface area (Å²) in [4.78, 5) is 10.7. The smallest absolute Gasteiger partial charge is 0.416 e. The van der Waals surface area contributed by atoms with Crippen molar-refractivity contribution >= 4 is 11.7 Å². The lowest BCUT2D eigenvalue weighted by molar-refractivity contribution is -0.137. The predicted octanol–water partition coefficient (Wildman–Crippen LogP) is 2.66. The van der Waals surface area contributed by atoms with Crippen LogP contribution in [0.3, 0.4) is 0 Å². The van der Waals surface area contributed by atoms with Crippen LogP contribution in [0, 0.1) is 6.92 Å². The van der Waals surface area contributed by atoms with Crippen LogP contribution in [0.1, 0.15) is 11.1 Å². The van der Waals surface area contributed by atoms with E-state index in [-0.39, 0.29) is 11.1 Å². The topological polar surface area (TPSA) is 75.8 Å². The molecule has 27 heavy (non-hydrogen) atoms. The maximum atomic E-state index is 12.9. The number of ether oxygens (including phenoxy) is 1. The minimum absolute atomic E-state index is 0.237. The predicted molar refractivity (Wildman–Crippen MR) is 90.7 cm³/mol. The molecule has 0 atom stereocenters. The number of alkyl halides is 3. The first-order valence-electron chi connectivity index (χ1n) is 8.30. The molecule has 1 fully saturated rings. The molecule has 1 aliphatic rings. The zero-order valence-electron chi connectivity index (χ0n) is 14.4. The van der Waals surface area contributed by atoms with Crippen molar-refractivity contribution in [2.75, 3.05) is 31.2 Å². The van der Waals surface area contributed by atoms with Gasteiger partial charge in [0.2, 0.25) is 5.95 Å². The molecular weight excluding hydrogens is 363 g/mol. The number of halogens is 3. The number of benzene rings is 1. The van der Waals surface area contributed by atoms with Gasteiger partial charge in [-0.15, -0.1) is 5.10 Å². The van der Waals surface area contributed by atoms with Gasteiger partial charge in [-0.1, -0.05) is 0 Å². The van der Waals surface area contributed by atoms with Crippen molar-refractivity contribution in [3.8, 4) is 17.0 Å². The first-order valence-corrected chi connectivity index (χ1v) is 8.30. The highest BCUT2D eigenvalue weighted by Gasteiger charge is 2.32. The third kappa shape index (κ3) is 3.27. The van der Waals surface area contributed by atoms with Crippen molar-refractivity contribution in [3.63, 3.8) is 0 Å². The fraction of sp³-hybridized carbons (Fsp3) is 0.353. The van der Waals surface area contributed by atoms with Gasteiger partial charge in [0.1, 0.15) is 5.75 Å². The highest BCUT2D eigenvalue weighted by atomic mass is 19.4. The van der Waals surface area contributed by atoms with E-state index in [1.54, 1.807) is 12.3 Å². The molecule has 0 amide bonds. The Bertz CT molecular complexity index is 973. The van der Waals surface area contributed by atoms with Crippen molar-refractivity contribution in [3.05, 3.63) is 35.5 Å². The van der Waals surface area contributed by atoms with Gasteiger partial charge >= 0.3 is 6.18 Å².